The zero-order chi connectivity index (χ0) is 15.7. The summed E-state index contributed by atoms with van der Waals surface area (Å²) in [6, 6.07) is 2.11. The van der Waals surface area contributed by atoms with E-state index in [1.54, 1.807) is 0 Å². The highest BCUT2D eigenvalue weighted by Gasteiger charge is 2.47. The first-order valence-corrected chi connectivity index (χ1v) is 9.82. The Balaban J connectivity index is 1.49. The summed E-state index contributed by atoms with van der Waals surface area (Å²) in [6.07, 6.45) is 7.54. The van der Waals surface area contributed by atoms with E-state index in [9.17, 15) is 8.42 Å². The molecule has 1 aliphatic heterocycles. The summed E-state index contributed by atoms with van der Waals surface area (Å²) in [5, 5.41) is 9.01. The van der Waals surface area contributed by atoms with Gasteiger partial charge in [0.15, 0.2) is 5.79 Å². The van der Waals surface area contributed by atoms with E-state index in [-0.39, 0.29) is 18.4 Å². The molecule has 3 fully saturated rings. The number of nitriles is 1. The quantitative estimate of drug-likeness (QED) is 0.829. The first-order valence-electron chi connectivity index (χ1n) is 8.17. The number of hydrogen-bond donors (Lipinski definition) is 1. The van der Waals surface area contributed by atoms with E-state index < -0.39 is 21.2 Å². The van der Waals surface area contributed by atoms with Crippen LogP contribution in [0.5, 0.6) is 0 Å². The normalized spacial score (nSPS) is 29.9. The topological polar surface area (TPSA) is 88.4 Å². The lowest BCUT2D eigenvalue weighted by Crippen LogP contribution is -2.38. The fraction of sp³-hybridized carbons (Fsp3) is 0.933. The predicted molar refractivity (Wildman–Crippen MR) is 80.3 cm³/mol. The SMILES string of the molecule is N#CC1(CS(=O)(=O)NCC2COC3(CCCCCC3)O2)CC1. The summed E-state index contributed by atoms with van der Waals surface area (Å²) in [5.74, 6) is -0.591. The summed E-state index contributed by atoms with van der Waals surface area (Å²) in [5.41, 5.74) is -0.651. The number of hydrogen-bond acceptors (Lipinski definition) is 5. The van der Waals surface area contributed by atoms with Gasteiger partial charge in [0.25, 0.3) is 0 Å². The molecule has 0 aromatic carbocycles. The van der Waals surface area contributed by atoms with Crippen molar-refractivity contribution < 1.29 is 17.9 Å². The Kier molecular flexibility index (Phi) is 4.47. The number of nitrogens with one attached hydrogen (secondary N) is 1. The largest absolute Gasteiger partial charge is 0.347 e. The Labute approximate surface area is 132 Å². The fourth-order valence-corrected chi connectivity index (χ4v) is 4.94. The van der Waals surface area contributed by atoms with Crippen LogP contribution < -0.4 is 4.72 Å². The van der Waals surface area contributed by atoms with Crippen molar-refractivity contribution in [1.29, 1.82) is 5.26 Å². The third-order valence-electron chi connectivity index (χ3n) is 4.87. The smallest absolute Gasteiger partial charge is 0.213 e. The Hall–Kier alpha value is -0.680. The molecule has 1 saturated heterocycles. The molecule has 6 nitrogen and oxygen atoms in total. The molecule has 2 aliphatic carbocycles. The highest BCUT2D eigenvalue weighted by Crippen LogP contribution is 2.45. The highest BCUT2D eigenvalue weighted by molar-refractivity contribution is 7.89. The van der Waals surface area contributed by atoms with Crippen molar-refractivity contribution in [3.63, 3.8) is 0 Å². The van der Waals surface area contributed by atoms with Gasteiger partial charge in [0.2, 0.25) is 10.0 Å². The van der Waals surface area contributed by atoms with Gasteiger partial charge in [-0.3, -0.25) is 0 Å². The van der Waals surface area contributed by atoms with Crippen molar-refractivity contribution in [2.45, 2.75) is 63.3 Å². The third kappa shape index (κ3) is 3.80. The maximum Gasteiger partial charge on any atom is 0.213 e. The van der Waals surface area contributed by atoms with Crippen molar-refractivity contribution in [2.24, 2.45) is 5.41 Å². The van der Waals surface area contributed by atoms with Crippen LogP contribution >= 0.6 is 0 Å². The molecule has 3 rings (SSSR count). The Morgan fingerprint density at radius 3 is 2.41 bits per heavy atom. The molecule has 0 bridgehead atoms. The van der Waals surface area contributed by atoms with Crippen LogP contribution in [0, 0.1) is 16.7 Å². The van der Waals surface area contributed by atoms with Crippen molar-refractivity contribution in [1.82, 2.24) is 4.72 Å². The monoisotopic (exact) mass is 328 g/mol. The first kappa shape index (κ1) is 16.2. The third-order valence-corrected chi connectivity index (χ3v) is 6.41. The Morgan fingerprint density at radius 2 is 1.82 bits per heavy atom. The van der Waals surface area contributed by atoms with Crippen LogP contribution in [0.4, 0.5) is 0 Å². The maximum absolute atomic E-state index is 12.1. The van der Waals surface area contributed by atoms with E-state index in [4.69, 9.17) is 14.7 Å². The van der Waals surface area contributed by atoms with Crippen molar-refractivity contribution in [3.05, 3.63) is 0 Å². The fourth-order valence-electron chi connectivity index (χ4n) is 3.32. The van der Waals surface area contributed by atoms with Crippen LogP contribution in [0.25, 0.3) is 0 Å². The zero-order valence-electron chi connectivity index (χ0n) is 12.8. The Bertz CT molecular complexity index is 542. The minimum atomic E-state index is -3.43. The molecular weight excluding hydrogens is 304 g/mol. The summed E-state index contributed by atoms with van der Waals surface area (Å²) in [7, 11) is -3.43. The molecule has 0 amide bonds. The molecule has 1 heterocycles. The molecule has 22 heavy (non-hydrogen) atoms. The van der Waals surface area contributed by atoms with Crippen LogP contribution in [0.15, 0.2) is 0 Å². The van der Waals surface area contributed by atoms with Crippen LogP contribution in [0.1, 0.15) is 51.4 Å². The van der Waals surface area contributed by atoms with Gasteiger partial charge in [-0.15, -0.1) is 0 Å². The summed E-state index contributed by atoms with van der Waals surface area (Å²) < 4.78 is 38.6. The van der Waals surface area contributed by atoms with Crippen molar-refractivity contribution in [2.75, 3.05) is 18.9 Å². The van der Waals surface area contributed by atoms with Gasteiger partial charge in [0.05, 0.1) is 29.9 Å². The molecule has 0 aromatic rings. The van der Waals surface area contributed by atoms with Gasteiger partial charge in [0.1, 0.15) is 0 Å². The number of sulfonamides is 1. The molecule has 1 N–H and O–H groups in total. The summed E-state index contributed by atoms with van der Waals surface area (Å²) in [6.45, 7) is 0.664. The van der Waals surface area contributed by atoms with Crippen molar-refractivity contribution >= 4 is 10.0 Å². The molecule has 7 heteroatoms. The number of nitrogens with zero attached hydrogens (tertiary/aromatic N) is 1. The van der Waals surface area contributed by atoms with E-state index in [1.807, 2.05) is 0 Å². The van der Waals surface area contributed by atoms with Gasteiger partial charge in [0, 0.05) is 19.4 Å². The van der Waals surface area contributed by atoms with Gasteiger partial charge in [-0.2, -0.15) is 5.26 Å². The predicted octanol–water partition coefficient (Wildman–Crippen LogP) is 1.68. The van der Waals surface area contributed by atoms with Crippen LogP contribution in [-0.4, -0.2) is 39.2 Å². The molecular formula is C15H24N2O4S. The summed E-state index contributed by atoms with van der Waals surface area (Å²) in [4.78, 5) is 0. The van der Waals surface area contributed by atoms with Gasteiger partial charge >= 0.3 is 0 Å². The molecule has 2 saturated carbocycles. The van der Waals surface area contributed by atoms with Crippen LogP contribution in [0.2, 0.25) is 0 Å². The lowest BCUT2D eigenvalue weighted by Gasteiger charge is -2.26. The molecule has 0 radical (unpaired) electrons. The standard InChI is InChI=1S/C15H24N2O4S/c16-11-14(7-8-14)12-22(18,19)17-9-13-10-20-15(21-13)5-3-1-2-4-6-15/h13,17H,1-10,12H2. The highest BCUT2D eigenvalue weighted by atomic mass is 32.2. The van der Waals surface area contributed by atoms with E-state index in [1.165, 1.54) is 12.8 Å². The van der Waals surface area contributed by atoms with Crippen LogP contribution in [-0.2, 0) is 19.5 Å². The van der Waals surface area contributed by atoms with Gasteiger partial charge in [-0.05, 0) is 25.7 Å². The summed E-state index contributed by atoms with van der Waals surface area (Å²) >= 11 is 0. The van der Waals surface area contributed by atoms with Gasteiger partial charge < -0.3 is 9.47 Å². The second-order valence-corrected chi connectivity index (χ2v) is 8.68. The molecule has 1 atom stereocenters. The number of ether oxygens (including phenoxy) is 2. The lowest BCUT2D eigenvalue weighted by atomic mass is 10.1. The molecule has 0 aromatic heterocycles. The van der Waals surface area contributed by atoms with Crippen molar-refractivity contribution in [3.8, 4) is 6.07 Å². The number of rotatable bonds is 5. The molecule has 3 aliphatic rings. The Morgan fingerprint density at radius 1 is 1.14 bits per heavy atom. The van der Waals surface area contributed by atoms with Gasteiger partial charge in [-0.1, -0.05) is 12.8 Å². The molecule has 124 valence electrons. The van der Waals surface area contributed by atoms with E-state index >= 15 is 0 Å². The second kappa shape index (κ2) is 6.08. The van der Waals surface area contributed by atoms with Gasteiger partial charge in [-0.25, -0.2) is 13.1 Å². The maximum atomic E-state index is 12.1. The lowest BCUT2D eigenvalue weighted by molar-refractivity contribution is -0.175. The minimum absolute atomic E-state index is 0.102. The van der Waals surface area contributed by atoms with E-state index in [0.717, 1.165) is 25.7 Å². The first-order chi connectivity index (χ1) is 10.5. The second-order valence-electron chi connectivity index (χ2n) is 6.88. The van der Waals surface area contributed by atoms with Crippen LogP contribution in [0.3, 0.4) is 0 Å². The van der Waals surface area contributed by atoms with E-state index in [0.29, 0.717) is 19.4 Å². The minimum Gasteiger partial charge on any atom is -0.347 e. The van der Waals surface area contributed by atoms with E-state index in [2.05, 4.69) is 10.8 Å². The average molecular weight is 328 g/mol. The zero-order valence-corrected chi connectivity index (χ0v) is 13.7. The molecule has 1 spiro atoms. The average Bonchev–Trinajstić information content (AvgIpc) is 3.17. The molecule has 1 unspecified atom stereocenters.